The second-order valence-corrected chi connectivity index (χ2v) is 11.1. The lowest BCUT2D eigenvalue weighted by molar-refractivity contribution is -0.138. The Kier molecular flexibility index (Phi) is 6.42. The first-order valence-corrected chi connectivity index (χ1v) is 13.3. The summed E-state index contributed by atoms with van der Waals surface area (Å²) in [4.78, 5) is 0. The molecule has 0 aliphatic heterocycles. The molecule has 0 fully saturated rings. The quantitative estimate of drug-likeness (QED) is 0.171. The van der Waals surface area contributed by atoms with Crippen LogP contribution in [0, 0.1) is 0 Å². The predicted molar refractivity (Wildman–Crippen MR) is 148 cm³/mol. The van der Waals surface area contributed by atoms with Crippen molar-refractivity contribution in [3.8, 4) is 22.3 Å². The average molecular weight is 714 g/mol. The van der Waals surface area contributed by atoms with E-state index in [-0.39, 0.29) is 8.95 Å². The number of halogens is 7. The fourth-order valence-corrected chi connectivity index (χ4v) is 7.03. The minimum absolute atomic E-state index is 0.0106. The molecule has 0 bridgehead atoms. The molecule has 0 heterocycles. The molecule has 0 amide bonds. The number of hydrogen-bond acceptors (Lipinski definition) is 0. The Morgan fingerprint density at radius 3 is 1.18 bits per heavy atom. The number of rotatable bonds is 2. The minimum Gasteiger partial charge on any atom is -0.166 e. The number of alkyl halides is 3. The lowest BCUT2D eigenvalue weighted by atomic mass is 9.93. The second kappa shape index (κ2) is 9.08. The summed E-state index contributed by atoms with van der Waals surface area (Å²) in [5, 5.41) is 3.88. The van der Waals surface area contributed by atoms with Crippen molar-refractivity contribution in [2.45, 2.75) is 6.18 Å². The summed E-state index contributed by atoms with van der Waals surface area (Å²) in [5.74, 6) is 0. The fraction of sp³-hybridized carbons (Fsp3) is 0.0370. The smallest absolute Gasteiger partial charge is 0.166 e. The SMILES string of the molecule is FC(F)(F)c1c(Br)c(-c2cc3ccccc3cc2Br)cc(-c2cc3ccccc3cc2Br)c1Br. The van der Waals surface area contributed by atoms with Crippen LogP contribution >= 0.6 is 63.7 Å². The molecule has 0 aromatic heterocycles. The molecule has 0 saturated heterocycles. The molecule has 0 unspecified atom stereocenters. The first-order valence-electron chi connectivity index (χ1n) is 10.1. The van der Waals surface area contributed by atoms with Gasteiger partial charge >= 0.3 is 6.18 Å². The van der Waals surface area contributed by atoms with Crippen LogP contribution in [0.5, 0.6) is 0 Å². The maximum absolute atomic E-state index is 14.3. The third-order valence-electron chi connectivity index (χ3n) is 5.74. The van der Waals surface area contributed by atoms with E-state index in [1.165, 1.54) is 0 Å². The molecule has 5 rings (SSSR count). The molecule has 7 heteroatoms. The third kappa shape index (κ3) is 4.25. The zero-order chi connectivity index (χ0) is 24.2. The average Bonchev–Trinajstić information content (AvgIpc) is 2.78. The topological polar surface area (TPSA) is 0 Å². The van der Waals surface area contributed by atoms with Gasteiger partial charge in [0.2, 0.25) is 0 Å². The van der Waals surface area contributed by atoms with Crippen molar-refractivity contribution in [3.05, 3.63) is 102 Å². The molecule has 5 aromatic rings. The van der Waals surface area contributed by atoms with Gasteiger partial charge in [-0.05, 0) is 106 Å². The Bertz CT molecular complexity index is 1480. The largest absolute Gasteiger partial charge is 0.418 e. The third-order valence-corrected chi connectivity index (χ3v) is 8.69. The van der Waals surface area contributed by atoms with Crippen molar-refractivity contribution in [1.82, 2.24) is 0 Å². The van der Waals surface area contributed by atoms with Crippen LogP contribution in [0.4, 0.5) is 13.2 Å². The molecule has 0 saturated carbocycles. The summed E-state index contributed by atoms with van der Waals surface area (Å²) in [6.07, 6.45) is -4.57. The van der Waals surface area contributed by atoms with Crippen LogP contribution in [0.25, 0.3) is 43.8 Å². The molecule has 0 atom stereocenters. The molecule has 0 spiro atoms. The highest BCUT2D eigenvalue weighted by Gasteiger charge is 2.38. The van der Waals surface area contributed by atoms with Gasteiger partial charge in [-0.15, -0.1) is 0 Å². The standard InChI is InChI=1S/C27H13Br4F3/c28-22-11-16-7-3-1-5-14(16)9-18(22)20-13-21(26(31)24(25(20)30)27(32,33)34)19-10-15-6-2-4-8-17(15)12-23(19)29/h1-13H. The summed E-state index contributed by atoms with van der Waals surface area (Å²) in [5.41, 5.74) is 1.48. The first-order chi connectivity index (χ1) is 16.1. The van der Waals surface area contributed by atoms with E-state index >= 15 is 0 Å². The van der Waals surface area contributed by atoms with E-state index < -0.39 is 11.7 Å². The van der Waals surface area contributed by atoms with Crippen molar-refractivity contribution in [2.75, 3.05) is 0 Å². The van der Waals surface area contributed by atoms with Crippen LogP contribution in [0.15, 0.2) is 96.8 Å². The monoisotopic (exact) mass is 710 g/mol. The lowest BCUT2D eigenvalue weighted by Crippen LogP contribution is -2.09. The van der Waals surface area contributed by atoms with Gasteiger partial charge in [-0.1, -0.05) is 80.4 Å². The van der Waals surface area contributed by atoms with E-state index in [1.54, 1.807) is 6.07 Å². The van der Waals surface area contributed by atoms with Gasteiger partial charge in [0.05, 0.1) is 5.56 Å². The molecule has 0 nitrogen and oxygen atoms in total. The highest BCUT2D eigenvalue weighted by molar-refractivity contribution is 9.11. The Morgan fingerprint density at radius 1 is 0.471 bits per heavy atom. The normalized spacial score (nSPS) is 12.0. The number of hydrogen-bond donors (Lipinski definition) is 0. The summed E-state index contributed by atoms with van der Waals surface area (Å²) in [6.45, 7) is 0. The predicted octanol–water partition coefficient (Wildman–Crippen LogP) is 11.4. The van der Waals surface area contributed by atoms with Gasteiger partial charge in [0.15, 0.2) is 0 Å². The molecule has 0 N–H and O–H groups in total. The Morgan fingerprint density at radius 2 is 0.824 bits per heavy atom. The molecule has 34 heavy (non-hydrogen) atoms. The summed E-state index contributed by atoms with van der Waals surface area (Å²) in [7, 11) is 0. The Balaban J connectivity index is 1.86. The summed E-state index contributed by atoms with van der Waals surface area (Å²) < 4.78 is 44.4. The summed E-state index contributed by atoms with van der Waals surface area (Å²) in [6, 6.07) is 25.0. The first kappa shape index (κ1) is 24.0. The number of fused-ring (bicyclic) bond motifs is 2. The Labute approximate surface area is 227 Å². The lowest BCUT2D eigenvalue weighted by Gasteiger charge is -2.20. The van der Waals surface area contributed by atoms with Gasteiger partial charge in [-0.2, -0.15) is 13.2 Å². The molecular weight excluding hydrogens is 701 g/mol. The summed E-state index contributed by atoms with van der Waals surface area (Å²) >= 11 is 13.7. The highest BCUT2D eigenvalue weighted by Crippen LogP contribution is 2.50. The zero-order valence-corrected chi connectivity index (χ0v) is 23.5. The van der Waals surface area contributed by atoms with Crippen LogP contribution in [-0.2, 0) is 6.18 Å². The van der Waals surface area contributed by atoms with E-state index in [4.69, 9.17) is 0 Å². The molecule has 5 aromatic carbocycles. The molecule has 0 aliphatic carbocycles. The maximum Gasteiger partial charge on any atom is 0.418 e. The van der Waals surface area contributed by atoms with Crippen molar-refractivity contribution in [1.29, 1.82) is 0 Å². The van der Waals surface area contributed by atoms with Gasteiger partial charge in [0.25, 0.3) is 0 Å². The van der Waals surface area contributed by atoms with Crippen molar-refractivity contribution in [3.63, 3.8) is 0 Å². The molecular formula is C27H13Br4F3. The minimum atomic E-state index is -4.57. The number of benzene rings is 5. The van der Waals surface area contributed by atoms with Crippen molar-refractivity contribution >= 4 is 85.3 Å². The van der Waals surface area contributed by atoms with Crippen LogP contribution in [-0.4, -0.2) is 0 Å². The van der Waals surface area contributed by atoms with Crippen LogP contribution in [0.1, 0.15) is 5.56 Å². The Hall–Kier alpha value is -1.67. The van der Waals surface area contributed by atoms with E-state index in [1.807, 2.05) is 72.8 Å². The molecule has 0 radical (unpaired) electrons. The van der Waals surface area contributed by atoms with Crippen molar-refractivity contribution < 1.29 is 13.2 Å². The van der Waals surface area contributed by atoms with E-state index in [0.717, 1.165) is 21.5 Å². The molecule has 170 valence electrons. The van der Waals surface area contributed by atoms with Gasteiger partial charge in [-0.3, -0.25) is 0 Å². The van der Waals surface area contributed by atoms with Gasteiger partial charge in [0, 0.05) is 17.9 Å². The van der Waals surface area contributed by atoms with E-state index in [0.29, 0.717) is 31.2 Å². The zero-order valence-electron chi connectivity index (χ0n) is 17.2. The second-order valence-electron chi connectivity index (χ2n) is 7.83. The van der Waals surface area contributed by atoms with Gasteiger partial charge < -0.3 is 0 Å². The van der Waals surface area contributed by atoms with Gasteiger partial charge in [-0.25, -0.2) is 0 Å². The van der Waals surface area contributed by atoms with Crippen LogP contribution in [0.2, 0.25) is 0 Å². The van der Waals surface area contributed by atoms with Crippen LogP contribution < -0.4 is 0 Å². The van der Waals surface area contributed by atoms with E-state index in [2.05, 4.69) is 63.7 Å². The highest BCUT2D eigenvalue weighted by atomic mass is 79.9. The fourth-order valence-electron chi connectivity index (χ4n) is 4.12. The molecule has 0 aliphatic rings. The van der Waals surface area contributed by atoms with Crippen molar-refractivity contribution in [2.24, 2.45) is 0 Å². The van der Waals surface area contributed by atoms with Crippen LogP contribution in [0.3, 0.4) is 0 Å². The maximum atomic E-state index is 14.3. The van der Waals surface area contributed by atoms with E-state index in [9.17, 15) is 13.2 Å². The van der Waals surface area contributed by atoms with Gasteiger partial charge in [0.1, 0.15) is 0 Å².